The lowest BCUT2D eigenvalue weighted by Crippen LogP contribution is -2.39. The summed E-state index contributed by atoms with van der Waals surface area (Å²) in [5, 5.41) is 4.63. The highest BCUT2D eigenvalue weighted by molar-refractivity contribution is 7.92. The molecule has 0 atom stereocenters. The van der Waals surface area contributed by atoms with Gasteiger partial charge in [-0.2, -0.15) is 5.10 Å². The molecule has 3 rings (SSSR count). The van der Waals surface area contributed by atoms with Crippen molar-refractivity contribution in [2.75, 3.05) is 25.1 Å². The highest BCUT2D eigenvalue weighted by Gasteiger charge is 2.27. The van der Waals surface area contributed by atoms with Crippen LogP contribution in [0, 0.1) is 0 Å². The van der Waals surface area contributed by atoms with Crippen LogP contribution in [0.15, 0.2) is 76.7 Å². The van der Waals surface area contributed by atoms with Crippen molar-refractivity contribution in [3.63, 3.8) is 0 Å². The van der Waals surface area contributed by atoms with Crippen molar-refractivity contribution >= 4 is 51.0 Å². The van der Waals surface area contributed by atoms with Gasteiger partial charge in [0.2, 0.25) is 0 Å². The Labute approximate surface area is 207 Å². The standard InChI is InChI=1S/C23H21Cl2N3O5S/c1-32-20-9-6-16(22(13-20)33-2)14-26-27-23(29)15-28(19-5-3-4-18(25)12-19)34(30,31)21-10-7-17(24)8-11-21/h3-14H,15H2,1-2H3,(H,27,29)/b26-14-. The topological polar surface area (TPSA) is 97.3 Å². The van der Waals surface area contributed by atoms with Crippen molar-refractivity contribution in [3.8, 4) is 11.5 Å². The maximum absolute atomic E-state index is 13.3. The van der Waals surface area contributed by atoms with Crippen LogP contribution in [0.25, 0.3) is 0 Å². The summed E-state index contributed by atoms with van der Waals surface area (Å²) < 4.78 is 38.0. The summed E-state index contributed by atoms with van der Waals surface area (Å²) >= 11 is 11.9. The maximum atomic E-state index is 13.3. The molecule has 1 amide bonds. The molecule has 178 valence electrons. The molecule has 0 spiro atoms. The van der Waals surface area contributed by atoms with Crippen molar-refractivity contribution in [3.05, 3.63) is 82.3 Å². The van der Waals surface area contributed by atoms with Crippen molar-refractivity contribution in [1.29, 1.82) is 0 Å². The van der Waals surface area contributed by atoms with E-state index in [0.29, 0.717) is 27.1 Å². The predicted molar refractivity (Wildman–Crippen MR) is 133 cm³/mol. The third-order valence-corrected chi connectivity index (χ3v) is 6.89. The Balaban J connectivity index is 1.83. The molecule has 0 fully saturated rings. The molecular weight excluding hydrogens is 501 g/mol. The summed E-state index contributed by atoms with van der Waals surface area (Å²) in [4.78, 5) is 12.6. The van der Waals surface area contributed by atoms with Gasteiger partial charge in [-0.05, 0) is 54.6 Å². The molecule has 34 heavy (non-hydrogen) atoms. The van der Waals surface area contributed by atoms with Crippen LogP contribution in [0.5, 0.6) is 11.5 Å². The number of rotatable bonds is 9. The lowest BCUT2D eigenvalue weighted by Gasteiger charge is -2.23. The van der Waals surface area contributed by atoms with Crippen LogP contribution in [0.2, 0.25) is 10.0 Å². The molecule has 8 nitrogen and oxygen atoms in total. The van der Waals surface area contributed by atoms with Crippen molar-refractivity contribution < 1.29 is 22.7 Å². The maximum Gasteiger partial charge on any atom is 0.264 e. The van der Waals surface area contributed by atoms with Crippen LogP contribution in [0.3, 0.4) is 0 Å². The van der Waals surface area contributed by atoms with Gasteiger partial charge in [-0.3, -0.25) is 9.10 Å². The minimum atomic E-state index is -4.11. The fourth-order valence-electron chi connectivity index (χ4n) is 2.94. The Bertz CT molecular complexity index is 1300. The van der Waals surface area contributed by atoms with E-state index in [4.69, 9.17) is 32.7 Å². The average molecular weight is 522 g/mol. The molecular formula is C23H21Cl2N3O5S. The first-order valence-corrected chi connectivity index (χ1v) is 12.0. The van der Waals surface area contributed by atoms with Crippen LogP contribution >= 0.6 is 23.2 Å². The SMILES string of the molecule is COc1ccc(/C=N\NC(=O)CN(c2cccc(Cl)c2)S(=O)(=O)c2ccc(Cl)cc2)c(OC)c1. The lowest BCUT2D eigenvalue weighted by atomic mass is 10.2. The Kier molecular flexibility index (Phi) is 8.38. The highest BCUT2D eigenvalue weighted by Crippen LogP contribution is 2.27. The number of nitrogens with one attached hydrogen (secondary N) is 1. The van der Waals surface area contributed by atoms with Crippen LogP contribution in [0.4, 0.5) is 5.69 Å². The number of sulfonamides is 1. The molecule has 0 aliphatic rings. The van der Waals surface area contributed by atoms with E-state index in [-0.39, 0.29) is 10.6 Å². The number of benzene rings is 3. The molecule has 3 aromatic carbocycles. The van der Waals surface area contributed by atoms with E-state index in [2.05, 4.69) is 10.5 Å². The van der Waals surface area contributed by atoms with Gasteiger partial charge in [0, 0.05) is 21.7 Å². The summed E-state index contributed by atoms with van der Waals surface area (Å²) in [5.74, 6) is 0.423. The fourth-order valence-corrected chi connectivity index (χ4v) is 4.67. The number of nitrogens with zero attached hydrogens (tertiary/aromatic N) is 2. The number of ether oxygens (including phenoxy) is 2. The van der Waals surface area contributed by atoms with Gasteiger partial charge in [0.1, 0.15) is 18.0 Å². The van der Waals surface area contributed by atoms with E-state index >= 15 is 0 Å². The van der Waals surface area contributed by atoms with E-state index in [0.717, 1.165) is 4.31 Å². The number of hydrogen-bond acceptors (Lipinski definition) is 6. The van der Waals surface area contributed by atoms with E-state index in [1.165, 1.54) is 56.8 Å². The number of carbonyl (C=O) groups is 1. The predicted octanol–water partition coefficient (Wildman–Crippen LogP) is 4.36. The highest BCUT2D eigenvalue weighted by atomic mass is 35.5. The van der Waals surface area contributed by atoms with Gasteiger partial charge < -0.3 is 9.47 Å². The normalized spacial score (nSPS) is 11.3. The molecule has 0 aromatic heterocycles. The quantitative estimate of drug-likeness (QED) is 0.333. The van der Waals surface area contributed by atoms with E-state index in [1.807, 2.05) is 0 Å². The van der Waals surface area contributed by atoms with E-state index in [1.54, 1.807) is 30.3 Å². The Morgan fingerprint density at radius 3 is 2.38 bits per heavy atom. The van der Waals surface area contributed by atoms with Gasteiger partial charge in [-0.1, -0.05) is 29.3 Å². The Hall–Kier alpha value is -3.27. The molecule has 0 unspecified atom stereocenters. The second-order valence-electron chi connectivity index (χ2n) is 6.85. The lowest BCUT2D eigenvalue weighted by molar-refractivity contribution is -0.119. The minimum Gasteiger partial charge on any atom is -0.497 e. The van der Waals surface area contributed by atoms with Crippen LogP contribution in [-0.4, -0.2) is 41.3 Å². The minimum absolute atomic E-state index is 0.0313. The molecule has 0 saturated heterocycles. The molecule has 0 heterocycles. The number of halogens is 2. The van der Waals surface area contributed by atoms with Gasteiger partial charge in [0.15, 0.2) is 0 Å². The average Bonchev–Trinajstić information content (AvgIpc) is 2.82. The molecule has 0 saturated carbocycles. The number of methoxy groups -OCH3 is 2. The first-order chi connectivity index (χ1) is 16.2. The second kappa shape index (κ2) is 11.2. The van der Waals surface area contributed by atoms with E-state index < -0.39 is 22.5 Å². The largest absolute Gasteiger partial charge is 0.497 e. The summed E-state index contributed by atoms with van der Waals surface area (Å²) in [5.41, 5.74) is 3.15. The summed E-state index contributed by atoms with van der Waals surface area (Å²) in [6, 6.07) is 16.9. The third-order valence-electron chi connectivity index (χ3n) is 4.62. The Morgan fingerprint density at radius 2 is 1.74 bits per heavy atom. The molecule has 0 aliphatic carbocycles. The summed E-state index contributed by atoms with van der Waals surface area (Å²) in [6.45, 7) is -0.539. The van der Waals surface area contributed by atoms with Crippen LogP contribution < -0.4 is 19.2 Å². The van der Waals surface area contributed by atoms with Crippen LogP contribution in [0.1, 0.15) is 5.56 Å². The number of carbonyl (C=O) groups excluding carboxylic acids is 1. The first kappa shape index (κ1) is 25.4. The van der Waals surface area contributed by atoms with Crippen molar-refractivity contribution in [2.24, 2.45) is 5.10 Å². The van der Waals surface area contributed by atoms with Crippen molar-refractivity contribution in [1.82, 2.24) is 5.43 Å². The zero-order valence-electron chi connectivity index (χ0n) is 18.2. The Morgan fingerprint density at radius 1 is 1.00 bits per heavy atom. The van der Waals surface area contributed by atoms with E-state index in [9.17, 15) is 13.2 Å². The molecule has 0 bridgehead atoms. The third kappa shape index (κ3) is 6.19. The first-order valence-electron chi connectivity index (χ1n) is 9.82. The molecule has 11 heteroatoms. The van der Waals surface area contributed by atoms with Gasteiger partial charge in [-0.25, -0.2) is 13.8 Å². The fraction of sp³-hybridized carbons (Fsp3) is 0.130. The molecule has 1 N–H and O–H groups in total. The number of hydrogen-bond donors (Lipinski definition) is 1. The van der Waals surface area contributed by atoms with Crippen LogP contribution in [-0.2, 0) is 14.8 Å². The number of amides is 1. The number of hydrazone groups is 1. The summed E-state index contributed by atoms with van der Waals surface area (Å²) in [7, 11) is -1.08. The van der Waals surface area contributed by atoms with Gasteiger partial charge in [0.05, 0.1) is 31.0 Å². The van der Waals surface area contributed by atoms with Gasteiger partial charge in [-0.15, -0.1) is 0 Å². The monoisotopic (exact) mass is 521 g/mol. The number of anilines is 1. The molecule has 3 aromatic rings. The van der Waals surface area contributed by atoms with Gasteiger partial charge >= 0.3 is 0 Å². The zero-order chi connectivity index (χ0) is 24.7. The molecule has 0 radical (unpaired) electrons. The summed E-state index contributed by atoms with van der Waals surface area (Å²) in [6.07, 6.45) is 1.38. The smallest absolute Gasteiger partial charge is 0.264 e. The zero-order valence-corrected chi connectivity index (χ0v) is 20.6. The van der Waals surface area contributed by atoms with Crippen molar-refractivity contribution in [2.45, 2.75) is 4.90 Å². The van der Waals surface area contributed by atoms with Gasteiger partial charge in [0.25, 0.3) is 15.9 Å². The molecule has 0 aliphatic heterocycles. The second-order valence-corrected chi connectivity index (χ2v) is 9.58.